The van der Waals surface area contributed by atoms with Crippen molar-refractivity contribution in [2.24, 2.45) is 17.8 Å². The summed E-state index contributed by atoms with van der Waals surface area (Å²) < 4.78 is 10.3. The Kier molecular flexibility index (Phi) is 6.49. The molecule has 0 aromatic carbocycles. The molecule has 0 aromatic rings. The summed E-state index contributed by atoms with van der Waals surface area (Å²) in [5.41, 5.74) is 0. The number of hydrogen-bond donors (Lipinski definition) is 0. The van der Waals surface area contributed by atoms with Crippen molar-refractivity contribution in [3.63, 3.8) is 0 Å². The molecule has 0 aliphatic heterocycles. The Balaban J connectivity index is 2.82. The molecule has 110 valence electrons. The summed E-state index contributed by atoms with van der Waals surface area (Å²) in [5.74, 6) is -0.101. The van der Waals surface area contributed by atoms with Crippen LogP contribution in [0.15, 0.2) is 0 Å². The van der Waals surface area contributed by atoms with Crippen LogP contribution in [0.1, 0.15) is 47.0 Å². The molecule has 1 fully saturated rings. The summed E-state index contributed by atoms with van der Waals surface area (Å²) in [4.78, 5) is 24.5. The fourth-order valence-electron chi connectivity index (χ4n) is 3.07. The molecule has 1 saturated carbocycles. The van der Waals surface area contributed by atoms with Crippen molar-refractivity contribution < 1.29 is 19.1 Å². The Morgan fingerprint density at radius 1 is 1.11 bits per heavy atom. The molecule has 1 rings (SSSR count). The molecule has 0 aromatic heterocycles. The highest BCUT2D eigenvalue weighted by molar-refractivity contribution is 6.03. The van der Waals surface area contributed by atoms with Gasteiger partial charge in [0.2, 0.25) is 6.10 Å². The van der Waals surface area contributed by atoms with Crippen LogP contribution >= 0.6 is 0 Å². The molecule has 1 aliphatic rings. The Labute approximate surface area is 115 Å². The maximum atomic E-state index is 12.6. The maximum Gasteiger partial charge on any atom is 0.343 e. The van der Waals surface area contributed by atoms with Crippen molar-refractivity contribution in [1.82, 2.24) is 0 Å². The van der Waals surface area contributed by atoms with Crippen LogP contribution in [0.2, 0.25) is 0 Å². The lowest BCUT2D eigenvalue weighted by atomic mass is 9.70. The van der Waals surface area contributed by atoms with E-state index in [9.17, 15) is 9.59 Å². The number of carbonyl (C=O) groups excluding carboxylic acids is 2. The van der Waals surface area contributed by atoms with Gasteiger partial charge in [-0.25, -0.2) is 4.79 Å². The Bertz CT molecular complexity index is 303. The fraction of sp³-hybridized carbons (Fsp3) is 0.867. The first-order chi connectivity index (χ1) is 9.02. The van der Waals surface area contributed by atoms with E-state index in [1.165, 1.54) is 0 Å². The van der Waals surface area contributed by atoms with Crippen LogP contribution in [0.25, 0.3) is 0 Å². The zero-order valence-corrected chi connectivity index (χ0v) is 12.5. The van der Waals surface area contributed by atoms with E-state index in [1.54, 1.807) is 13.8 Å². The molecule has 4 nitrogen and oxygen atoms in total. The zero-order valence-electron chi connectivity index (χ0n) is 12.5. The lowest BCUT2D eigenvalue weighted by Crippen LogP contribution is -2.44. The Morgan fingerprint density at radius 3 is 2.16 bits per heavy atom. The molecule has 0 saturated heterocycles. The number of carbonyl (C=O) groups is 2. The molecule has 1 aliphatic carbocycles. The van der Waals surface area contributed by atoms with Crippen LogP contribution < -0.4 is 0 Å². The number of esters is 1. The highest BCUT2D eigenvalue weighted by atomic mass is 16.6. The molecule has 3 unspecified atom stereocenters. The second kappa shape index (κ2) is 7.63. The van der Waals surface area contributed by atoms with E-state index in [0.29, 0.717) is 18.4 Å². The third-order valence-corrected chi connectivity index (χ3v) is 3.97. The van der Waals surface area contributed by atoms with Crippen molar-refractivity contribution in [2.75, 3.05) is 13.2 Å². The van der Waals surface area contributed by atoms with E-state index in [2.05, 4.69) is 13.8 Å². The molecular weight excluding hydrogens is 244 g/mol. The standard InChI is InChI=1S/C15H26O4/c1-5-18-14(15(17)19-6-2)13(16)12-10(3)8-7-9-11(12)4/h10-12,14H,5-9H2,1-4H3. The van der Waals surface area contributed by atoms with Gasteiger partial charge < -0.3 is 9.47 Å². The monoisotopic (exact) mass is 270 g/mol. The van der Waals surface area contributed by atoms with Crippen molar-refractivity contribution in [2.45, 2.75) is 53.1 Å². The van der Waals surface area contributed by atoms with Gasteiger partial charge in [-0.15, -0.1) is 0 Å². The molecule has 19 heavy (non-hydrogen) atoms. The van der Waals surface area contributed by atoms with Crippen LogP contribution in [0.5, 0.6) is 0 Å². The van der Waals surface area contributed by atoms with E-state index >= 15 is 0 Å². The lowest BCUT2D eigenvalue weighted by molar-refractivity contribution is -0.164. The normalized spacial score (nSPS) is 28.7. The molecule has 0 bridgehead atoms. The SMILES string of the molecule is CCOC(=O)C(OCC)C(=O)C1C(C)CCCC1C. The van der Waals surface area contributed by atoms with Gasteiger partial charge in [0.15, 0.2) is 5.78 Å². The summed E-state index contributed by atoms with van der Waals surface area (Å²) in [6, 6.07) is 0. The maximum absolute atomic E-state index is 12.6. The first-order valence-electron chi connectivity index (χ1n) is 7.34. The number of ketones is 1. The second-order valence-electron chi connectivity index (χ2n) is 5.40. The summed E-state index contributed by atoms with van der Waals surface area (Å²) in [7, 11) is 0. The minimum absolute atomic E-state index is 0.0882. The average molecular weight is 270 g/mol. The molecule has 0 N–H and O–H groups in total. The number of Topliss-reactive ketones (excluding diaryl/α,β-unsaturated/α-hetero) is 1. The minimum atomic E-state index is -1.04. The number of ether oxygens (including phenoxy) is 2. The third-order valence-electron chi connectivity index (χ3n) is 3.97. The van der Waals surface area contributed by atoms with Gasteiger partial charge in [-0.2, -0.15) is 0 Å². The van der Waals surface area contributed by atoms with Crippen molar-refractivity contribution in [3.8, 4) is 0 Å². The predicted molar refractivity (Wildman–Crippen MR) is 72.7 cm³/mol. The van der Waals surface area contributed by atoms with Crippen molar-refractivity contribution in [1.29, 1.82) is 0 Å². The Morgan fingerprint density at radius 2 is 1.68 bits per heavy atom. The van der Waals surface area contributed by atoms with Crippen LogP contribution in [-0.2, 0) is 19.1 Å². The highest BCUT2D eigenvalue weighted by Crippen LogP contribution is 2.36. The summed E-state index contributed by atoms with van der Waals surface area (Å²) in [6.45, 7) is 8.30. The van der Waals surface area contributed by atoms with Crippen LogP contribution in [0.4, 0.5) is 0 Å². The molecule has 0 radical (unpaired) electrons. The number of hydrogen-bond acceptors (Lipinski definition) is 4. The van der Waals surface area contributed by atoms with Gasteiger partial charge in [0, 0.05) is 12.5 Å². The predicted octanol–water partition coefficient (Wildman–Crippen LogP) is 2.60. The first-order valence-corrected chi connectivity index (χ1v) is 7.34. The van der Waals surface area contributed by atoms with Gasteiger partial charge in [-0.1, -0.05) is 20.3 Å². The van der Waals surface area contributed by atoms with Gasteiger partial charge >= 0.3 is 5.97 Å². The molecule has 0 amide bonds. The number of rotatable bonds is 6. The second-order valence-corrected chi connectivity index (χ2v) is 5.40. The largest absolute Gasteiger partial charge is 0.464 e. The summed E-state index contributed by atoms with van der Waals surface area (Å²) >= 11 is 0. The van der Waals surface area contributed by atoms with E-state index in [-0.39, 0.29) is 18.3 Å². The zero-order chi connectivity index (χ0) is 14.4. The topological polar surface area (TPSA) is 52.6 Å². The molecule has 3 atom stereocenters. The van der Waals surface area contributed by atoms with Crippen LogP contribution in [-0.4, -0.2) is 31.1 Å². The quantitative estimate of drug-likeness (QED) is 0.550. The molecule has 4 heteroatoms. The van der Waals surface area contributed by atoms with Crippen LogP contribution in [0.3, 0.4) is 0 Å². The van der Waals surface area contributed by atoms with Crippen molar-refractivity contribution >= 4 is 11.8 Å². The summed E-state index contributed by atoms with van der Waals surface area (Å²) in [6.07, 6.45) is 2.20. The van der Waals surface area contributed by atoms with E-state index in [1.807, 2.05) is 0 Å². The molecular formula is C15H26O4. The molecule has 0 heterocycles. The van der Waals surface area contributed by atoms with Crippen molar-refractivity contribution in [3.05, 3.63) is 0 Å². The third kappa shape index (κ3) is 4.03. The Hall–Kier alpha value is -0.900. The van der Waals surface area contributed by atoms with E-state index in [4.69, 9.17) is 9.47 Å². The van der Waals surface area contributed by atoms with Gasteiger partial charge in [-0.05, 0) is 38.5 Å². The average Bonchev–Trinajstić information content (AvgIpc) is 2.35. The van der Waals surface area contributed by atoms with Crippen LogP contribution in [0, 0.1) is 17.8 Å². The lowest BCUT2D eigenvalue weighted by Gasteiger charge is -2.34. The first kappa shape index (κ1) is 16.2. The smallest absolute Gasteiger partial charge is 0.343 e. The molecule has 0 spiro atoms. The van der Waals surface area contributed by atoms with E-state index in [0.717, 1.165) is 19.3 Å². The van der Waals surface area contributed by atoms with E-state index < -0.39 is 12.1 Å². The van der Waals surface area contributed by atoms with Gasteiger partial charge in [0.25, 0.3) is 0 Å². The van der Waals surface area contributed by atoms with Gasteiger partial charge in [0.1, 0.15) is 0 Å². The fourth-order valence-corrected chi connectivity index (χ4v) is 3.07. The van der Waals surface area contributed by atoms with Gasteiger partial charge in [0.05, 0.1) is 6.61 Å². The minimum Gasteiger partial charge on any atom is -0.464 e. The summed E-state index contributed by atoms with van der Waals surface area (Å²) in [5, 5.41) is 0. The van der Waals surface area contributed by atoms with Gasteiger partial charge in [-0.3, -0.25) is 4.79 Å². The highest BCUT2D eigenvalue weighted by Gasteiger charge is 2.40.